The molecule has 1 aromatic rings. The van der Waals surface area contributed by atoms with Crippen LogP contribution in [-0.2, 0) is 11.0 Å². The maximum atomic E-state index is 13.4. The fraction of sp³-hybridized carbons (Fsp3) is 0.667. The van der Waals surface area contributed by atoms with Crippen molar-refractivity contribution in [2.45, 2.75) is 38.9 Å². The average Bonchev–Trinajstić information content (AvgIpc) is 2.97. The Hall–Kier alpha value is -1.99. The van der Waals surface area contributed by atoms with E-state index in [1.165, 1.54) is 0 Å². The molecule has 0 bridgehead atoms. The maximum Gasteiger partial charge on any atom is 0.433 e. The number of alkyl halides is 3. The lowest BCUT2D eigenvalue weighted by Crippen LogP contribution is -2.47. The van der Waals surface area contributed by atoms with Crippen LogP contribution in [0.1, 0.15) is 31.0 Å². The minimum Gasteiger partial charge on any atom is -0.481 e. The Morgan fingerprint density at radius 3 is 2.46 bits per heavy atom. The number of nitrogens with zero attached hydrogens (tertiary/aromatic N) is 3. The van der Waals surface area contributed by atoms with Crippen molar-refractivity contribution in [3.05, 3.63) is 17.3 Å². The zero-order chi connectivity index (χ0) is 18.8. The van der Waals surface area contributed by atoms with Gasteiger partial charge in [-0.05, 0) is 44.1 Å². The SMILES string of the molecule is Cc1c(N2C[C@@H]3[C@@H](CC(=O)O)[C@@H]3C2)cc(C(F)(F)F)nc1N1CC[C@@H]1C. The van der Waals surface area contributed by atoms with Crippen LogP contribution < -0.4 is 9.80 Å². The summed E-state index contributed by atoms with van der Waals surface area (Å²) in [5.41, 5.74) is 0.512. The number of hydrogen-bond donors (Lipinski definition) is 1. The quantitative estimate of drug-likeness (QED) is 0.884. The zero-order valence-electron chi connectivity index (χ0n) is 14.8. The molecule has 0 aromatic carbocycles. The molecule has 3 heterocycles. The molecule has 1 aliphatic carbocycles. The summed E-state index contributed by atoms with van der Waals surface area (Å²) in [6.07, 6.45) is -3.37. The largest absolute Gasteiger partial charge is 0.481 e. The lowest BCUT2D eigenvalue weighted by atomic mass is 10.0. The molecule has 0 unspecified atom stereocenters. The third kappa shape index (κ3) is 2.79. The molecule has 0 amide bonds. The van der Waals surface area contributed by atoms with Crippen LogP contribution in [0.3, 0.4) is 0 Å². The molecule has 2 saturated heterocycles. The van der Waals surface area contributed by atoms with Crippen LogP contribution in [0.5, 0.6) is 0 Å². The molecule has 8 heteroatoms. The Bertz CT molecular complexity index is 740. The van der Waals surface area contributed by atoms with E-state index in [2.05, 4.69) is 4.98 Å². The summed E-state index contributed by atoms with van der Waals surface area (Å²) in [5, 5.41) is 8.94. The van der Waals surface area contributed by atoms with Crippen molar-refractivity contribution in [2.24, 2.45) is 17.8 Å². The Balaban J connectivity index is 1.62. The first-order valence-electron chi connectivity index (χ1n) is 8.99. The highest BCUT2D eigenvalue weighted by Gasteiger charge is 2.56. The Labute approximate surface area is 149 Å². The molecule has 3 fully saturated rings. The van der Waals surface area contributed by atoms with Gasteiger partial charge in [-0.1, -0.05) is 0 Å². The number of carboxylic acids is 1. The number of rotatable bonds is 4. The molecule has 1 aromatic heterocycles. The first-order chi connectivity index (χ1) is 12.2. The van der Waals surface area contributed by atoms with E-state index >= 15 is 0 Å². The van der Waals surface area contributed by atoms with Gasteiger partial charge in [-0.15, -0.1) is 0 Å². The third-order valence-electron chi connectivity index (χ3n) is 6.22. The standard InChI is InChI=1S/C18H22F3N3O2/c1-9-3-4-24(9)17-10(2)14(6-15(22-17)18(19,20)21)23-7-12-11(5-16(25)26)13(12)8-23/h6,9,11-13H,3-5,7-8H2,1-2H3,(H,25,26)/t9-,11-,12-,13+/m0/s1. The summed E-state index contributed by atoms with van der Waals surface area (Å²) in [5.74, 6) is 0.349. The molecule has 3 aliphatic rings. The van der Waals surface area contributed by atoms with Crippen molar-refractivity contribution in [3.8, 4) is 0 Å². The molecule has 0 spiro atoms. The van der Waals surface area contributed by atoms with Crippen molar-refractivity contribution in [1.82, 2.24) is 4.98 Å². The van der Waals surface area contributed by atoms with Gasteiger partial charge in [0.1, 0.15) is 11.5 Å². The van der Waals surface area contributed by atoms with Gasteiger partial charge in [0.15, 0.2) is 0 Å². The van der Waals surface area contributed by atoms with Gasteiger partial charge in [0, 0.05) is 43.3 Å². The summed E-state index contributed by atoms with van der Waals surface area (Å²) in [6.45, 7) is 5.80. The summed E-state index contributed by atoms with van der Waals surface area (Å²) >= 11 is 0. The topological polar surface area (TPSA) is 56.7 Å². The fourth-order valence-corrected chi connectivity index (χ4v) is 4.52. The normalized spacial score (nSPS) is 30.2. The number of hydrogen-bond acceptors (Lipinski definition) is 4. The fourth-order valence-electron chi connectivity index (χ4n) is 4.52. The summed E-state index contributed by atoms with van der Waals surface area (Å²) in [6, 6.07) is 1.35. The van der Waals surface area contributed by atoms with Gasteiger partial charge in [-0.25, -0.2) is 4.98 Å². The van der Waals surface area contributed by atoms with Gasteiger partial charge in [-0.2, -0.15) is 13.2 Å². The zero-order valence-corrected chi connectivity index (χ0v) is 14.8. The number of halogens is 3. The number of carbonyl (C=O) groups is 1. The van der Waals surface area contributed by atoms with Gasteiger partial charge >= 0.3 is 12.1 Å². The van der Waals surface area contributed by atoms with Crippen molar-refractivity contribution >= 4 is 17.5 Å². The van der Waals surface area contributed by atoms with E-state index in [4.69, 9.17) is 5.11 Å². The number of fused-ring (bicyclic) bond motifs is 1. The van der Waals surface area contributed by atoms with E-state index in [1.807, 2.05) is 23.6 Å². The second kappa shape index (κ2) is 5.76. The lowest BCUT2D eigenvalue weighted by molar-refractivity contribution is -0.141. The molecular formula is C18H22F3N3O2. The molecule has 5 nitrogen and oxygen atoms in total. The Morgan fingerprint density at radius 1 is 1.35 bits per heavy atom. The number of aromatic nitrogens is 1. The highest BCUT2D eigenvalue weighted by Crippen LogP contribution is 2.55. The smallest absolute Gasteiger partial charge is 0.433 e. The molecule has 1 saturated carbocycles. The van der Waals surface area contributed by atoms with Gasteiger partial charge in [0.05, 0.1) is 0 Å². The van der Waals surface area contributed by atoms with Crippen LogP contribution in [0.2, 0.25) is 0 Å². The van der Waals surface area contributed by atoms with E-state index in [9.17, 15) is 18.0 Å². The second-order valence-corrected chi connectivity index (χ2v) is 7.80. The number of pyridine rings is 1. The minimum absolute atomic E-state index is 0.156. The van der Waals surface area contributed by atoms with Gasteiger partial charge in [0.2, 0.25) is 0 Å². The molecule has 142 valence electrons. The van der Waals surface area contributed by atoms with E-state index in [0.717, 1.165) is 24.6 Å². The van der Waals surface area contributed by atoms with Crippen molar-refractivity contribution in [1.29, 1.82) is 0 Å². The molecule has 4 atom stereocenters. The third-order valence-corrected chi connectivity index (χ3v) is 6.22. The van der Waals surface area contributed by atoms with Crippen molar-refractivity contribution in [2.75, 3.05) is 29.4 Å². The van der Waals surface area contributed by atoms with Gasteiger partial charge in [-0.3, -0.25) is 4.79 Å². The Morgan fingerprint density at radius 2 is 2.00 bits per heavy atom. The number of aliphatic carboxylic acids is 1. The predicted molar refractivity (Wildman–Crippen MR) is 90.3 cm³/mol. The van der Waals surface area contributed by atoms with Crippen LogP contribution in [0.4, 0.5) is 24.7 Å². The van der Waals surface area contributed by atoms with E-state index in [-0.39, 0.29) is 30.2 Å². The summed E-state index contributed by atoms with van der Waals surface area (Å²) in [7, 11) is 0. The first-order valence-corrected chi connectivity index (χ1v) is 8.99. The van der Waals surface area contributed by atoms with Gasteiger partial charge < -0.3 is 14.9 Å². The molecule has 26 heavy (non-hydrogen) atoms. The molecular weight excluding hydrogens is 347 g/mol. The van der Waals surface area contributed by atoms with E-state index in [1.54, 1.807) is 0 Å². The average molecular weight is 369 g/mol. The predicted octanol–water partition coefficient (Wildman–Crippen LogP) is 3.16. The van der Waals surface area contributed by atoms with Crippen molar-refractivity contribution in [3.63, 3.8) is 0 Å². The van der Waals surface area contributed by atoms with Crippen LogP contribution >= 0.6 is 0 Å². The highest BCUT2D eigenvalue weighted by atomic mass is 19.4. The summed E-state index contributed by atoms with van der Waals surface area (Å²) < 4.78 is 40.1. The number of carboxylic acid groups (broad SMARTS) is 1. The lowest BCUT2D eigenvalue weighted by Gasteiger charge is -2.41. The Kier molecular flexibility index (Phi) is 3.86. The van der Waals surface area contributed by atoms with E-state index < -0.39 is 17.8 Å². The maximum absolute atomic E-state index is 13.4. The van der Waals surface area contributed by atoms with Crippen LogP contribution in [-0.4, -0.2) is 41.7 Å². The molecule has 0 radical (unpaired) electrons. The van der Waals surface area contributed by atoms with Gasteiger partial charge in [0.25, 0.3) is 0 Å². The summed E-state index contributed by atoms with van der Waals surface area (Å²) in [4.78, 5) is 18.7. The second-order valence-electron chi connectivity index (χ2n) is 7.80. The first kappa shape index (κ1) is 17.4. The van der Waals surface area contributed by atoms with Crippen LogP contribution in [0.25, 0.3) is 0 Å². The monoisotopic (exact) mass is 369 g/mol. The number of piperidine rings is 1. The van der Waals surface area contributed by atoms with Crippen molar-refractivity contribution < 1.29 is 23.1 Å². The van der Waals surface area contributed by atoms with Crippen LogP contribution in [0, 0.1) is 24.7 Å². The highest BCUT2D eigenvalue weighted by molar-refractivity contribution is 5.69. The molecule has 4 rings (SSSR count). The number of anilines is 2. The minimum atomic E-state index is -4.49. The molecule has 1 N–H and O–H groups in total. The van der Waals surface area contributed by atoms with E-state index in [0.29, 0.717) is 24.6 Å². The molecule has 2 aliphatic heterocycles. The van der Waals surface area contributed by atoms with Crippen LogP contribution in [0.15, 0.2) is 6.07 Å².